The molecule has 1 N–H and O–H groups in total. The second-order valence-electron chi connectivity index (χ2n) is 4.33. The van der Waals surface area contributed by atoms with Crippen LogP contribution in [-0.4, -0.2) is 10.9 Å². The maximum Gasteiger partial charge on any atom is 0.202 e. The predicted octanol–water partition coefficient (Wildman–Crippen LogP) is 3.33. The van der Waals surface area contributed by atoms with Gasteiger partial charge in [-0.05, 0) is 18.6 Å². The van der Waals surface area contributed by atoms with Gasteiger partial charge in [-0.2, -0.15) is 0 Å². The van der Waals surface area contributed by atoms with E-state index < -0.39 is 5.60 Å². The highest BCUT2D eigenvalue weighted by Crippen LogP contribution is 2.27. The number of hydrogen-bond acceptors (Lipinski definition) is 2. The molecule has 0 aliphatic carbocycles. The zero-order chi connectivity index (χ0) is 13.7. The first kappa shape index (κ1) is 13.2. The van der Waals surface area contributed by atoms with Crippen LogP contribution in [0, 0.1) is 0 Å². The highest BCUT2D eigenvalue weighted by molar-refractivity contribution is 6.04. The molecular formula is C17H16O2. The number of allylic oxidation sites excluding steroid dienone is 1. The number of rotatable bonds is 4. The Bertz CT molecular complexity index is 573. The SMILES string of the molecule is CC=CC(O)(C(=O)c1ccccc1)c1ccccc1. The Balaban J connectivity index is 2.49. The normalized spacial score (nSPS) is 14.2. The Morgan fingerprint density at radius 2 is 1.53 bits per heavy atom. The van der Waals surface area contributed by atoms with E-state index in [9.17, 15) is 9.90 Å². The quantitative estimate of drug-likeness (QED) is 0.669. The molecule has 0 saturated carbocycles. The molecule has 0 spiro atoms. The molecule has 0 fully saturated rings. The highest BCUT2D eigenvalue weighted by Gasteiger charge is 2.35. The van der Waals surface area contributed by atoms with Gasteiger partial charge in [-0.25, -0.2) is 0 Å². The van der Waals surface area contributed by atoms with Crippen molar-refractivity contribution in [1.82, 2.24) is 0 Å². The Morgan fingerprint density at radius 1 is 1.00 bits per heavy atom. The number of benzene rings is 2. The van der Waals surface area contributed by atoms with E-state index in [1.165, 1.54) is 6.08 Å². The van der Waals surface area contributed by atoms with Crippen molar-refractivity contribution in [3.63, 3.8) is 0 Å². The molecule has 0 saturated heterocycles. The van der Waals surface area contributed by atoms with Gasteiger partial charge in [0, 0.05) is 5.56 Å². The van der Waals surface area contributed by atoms with Gasteiger partial charge in [0.15, 0.2) is 5.60 Å². The Labute approximate surface area is 113 Å². The van der Waals surface area contributed by atoms with Crippen molar-refractivity contribution in [1.29, 1.82) is 0 Å². The van der Waals surface area contributed by atoms with Gasteiger partial charge in [0.2, 0.25) is 5.78 Å². The molecule has 19 heavy (non-hydrogen) atoms. The van der Waals surface area contributed by atoms with Crippen molar-refractivity contribution in [2.45, 2.75) is 12.5 Å². The second kappa shape index (κ2) is 5.63. The van der Waals surface area contributed by atoms with Crippen LogP contribution in [-0.2, 0) is 5.60 Å². The summed E-state index contributed by atoms with van der Waals surface area (Å²) in [6, 6.07) is 17.8. The Kier molecular flexibility index (Phi) is 3.93. The van der Waals surface area contributed by atoms with Crippen LogP contribution >= 0.6 is 0 Å². The number of carbonyl (C=O) groups excluding carboxylic acids is 1. The molecule has 2 aromatic carbocycles. The van der Waals surface area contributed by atoms with E-state index in [-0.39, 0.29) is 5.78 Å². The lowest BCUT2D eigenvalue weighted by molar-refractivity contribution is 0.0517. The molecular weight excluding hydrogens is 236 g/mol. The fourth-order valence-electron chi connectivity index (χ4n) is 2.05. The van der Waals surface area contributed by atoms with Crippen LogP contribution in [0.15, 0.2) is 72.8 Å². The summed E-state index contributed by atoms with van der Waals surface area (Å²) in [7, 11) is 0. The molecule has 1 unspecified atom stereocenters. The van der Waals surface area contributed by atoms with Crippen LogP contribution < -0.4 is 0 Å². The monoisotopic (exact) mass is 252 g/mol. The fourth-order valence-corrected chi connectivity index (χ4v) is 2.05. The van der Waals surface area contributed by atoms with Crippen LogP contribution in [0.5, 0.6) is 0 Å². The third-order valence-corrected chi connectivity index (χ3v) is 3.00. The van der Waals surface area contributed by atoms with Crippen LogP contribution in [0.25, 0.3) is 0 Å². The topological polar surface area (TPSA) is 37.3 Å². The van der Waals surface area contributed by atoms with Crippen molar-refractivity contribution in [3.8, 4) is 0 Å². The standard InChI is InChI=1S/C17H16O2/c1-2-13-17(19,15-11-7-4-8-12-15)16(18)14-9-5-3-6-10-14/h2-13,19H,1H3. The molecule has 2 aromatic rings. The maximum absolute atomic E-state index is 12.6. The van der Waals surface area contributed by atoms with Gasteiger partial charge in [0.05, 0.1) is 0 Å². The van der Waals surface area contributed by atoms with Gasteiger partial charge < -0.3 is 5.11 Å². The predicted molar refractivity (Wildman–Crippen MR) is 75.9 cm³/mol. The Hall–Kier alpha value is -2.19. The summed E-state index contributed by atoms with van der Waals surface area (Å²) in [5.74, 6) is -0.322. The van der Waals surface area contributed by atoms with Gasteiger partial charge in [0.25, 0.3) is 0 Å². The van der Waals surface area contributed by atoms with E-state index in [1.807, 2.05) is 24.3 Å². The molecule has 0 heterocycles. The number of aliphatic hydroxyl groups is 1. The summed E-state index contributed by atoms with van der Waals surface area (Å²) in [5.41, 5.74) is -0.550. The molecule has 2 rings (SSSR count). The van der Waals surface area contributed by atoms with E-state index in [0.717, 1.165) is 0 Å². The zero-order valence-electron chi connectivity index (χ0n) is 10.8. The molecule has 0 bridgehead atoms. The summed E-state index contributed by atoms with van der Waals surface area (Å²) in [4.78, 5) is 12.6. The maximum atomic E-state index is 12.6. The summed E-state index contributed by atoms with van der Waals surface area (Å²) in [6.07, 6.45) is 3.21. The largest absolute Gasteiger partial charge is 0.373 e. The lowest BCUT2D eigenvalue weighted by Crippen LogP contribution is -2.33. The van der Waals surface area contributed by atoms with Crippen molar-refractivity contribution >= 4 is 5.78 Å². The molecule has 0 aromatic heterocycles. The molecule has 0 aliphatic heterocycles. The lowest BCUT2D eigenvalue weighted by atomic mass is 9.85. The van der Waals surface area contributed by atoms with Crippen LogP contribution in [0.2, 0.25) is 0 Å². The van der Waals surface area contributed by atoms with E-state index in [1.54, 1.807) is 49.4 Å². The van der Waals surface area contributed by atoms with E-state index in [4.69, 9.17) is 0 Å². The number of carbonyl (C=O) groups is 1. The minimum Gasteiger partial charge on any atom is -0.373 e. The van der Waals surface area contributed by atoms with Gasteiger partial charge in [0.1, 0.15) is 0 Å². The fraction of sp³-hybridized carbons (Fsp3) is 0.118. The minimum atomic E-state index is -1.61. The van der Waals surface area contributed by atoms with Gasteiger partial charge in [-0.15, -0.1) is 0 Å². The third-order valence-electron chi connectivity index (χ3n) is 3.00. The molecule has 2 nitrogen and oxygen atoms in total. The van der Waals surface area contributed by atoms with Crippen LogP contribution in [0.1, 0.15) is 22.8 Å². The van der Waals surface area contributed by atoms with Gasteiger partial charge in [-0.1, -0.05) is 66.7 Å². The lowest BCUT2D eigenvalue weighted by Gasteiger charge is -2.23. The first-order chi connectivity index (χ1) is 9.18. The highest BCUT2D eigenvalue weighted by atomic mass is 16.3. The van der Waals surface area contributed by atoms with Crippen LogP contribution in [0.4, 0.5) is 0 Å². The molecule has 0 amide bonds. The molecule has 0 radical (unpaired) electrons. The summed E-state index contributed by atoms with van der Waals surface area (Å²) >= 11 is 0. The first-order valence-corrected chi connectivity index (χ1v) is 6.20. The third kappa shape index (κ3) is 2.64. The minimum absolute atomic E-state index is 0.322. The van der Waals surface area contributed by atoms with Gasteiger partial charge in [-0.3, -0.25) is 4.79 Å². The Morgan fingerprint density at radius 3 is 2.05 bits per heavy atom. The van der Waals surface area contributed by atoms with Crippen LogP contribution in [0.3, 0.4) is 0 Å². The molecule has 1 atom stereocenters. The summed E-state index contributed by atoms with van der Waals surface area (Å²) < 4.78 is 0. The van der Waals surface area contributed by atoms with E-state index >= 15 is 0 Å². The summed E-state index contributed by atoms with van der Waals surface area (Å²) in [5, 5.41) is 10.8. The van der Waals surface area contributed by atoms with Crippen molar-refractivity contribution in [2.24, 2.45) is 0 Å². The summed E-state index contributed by atoms with van der Waals surface area (Å²) in [6.45, 7) is 1.78. The number of hydrogen-bond donors (Lipinski definition) is 1. The van der Waals surface area contributed by atoms with E-state index in [0.29, 0.717) is 11.1 Å². The first-order valence-electron chi connectivity index (χ1n) is 6.20. The average molecular weight is 252 g/mol. The number of ketones is 1. The number of Topliss-reactive ketones (excluding diaryl/α,β-unsaturated/α-hetero) is 1. The van der Waals surface area contributed by atoms with Crippen molar-refractivity contribution in [2.75, 3.05) is 0 Å². The smallest absolute Gasteiger partial charge is 0.202 e. The molecule has 2 heteroatoms. The van der Waals surface area contributed by atoms with Crippen molar-refractivity contribution in [3.05, 3.63) is 83.9 Å². The van der Waals surface area contributed by atoms with E-state index in [2.05, 4.69) is 0 Å². The van der Waals surface area contributed by atoms with Gasteiger partial charge >= 0.3 is 0 Å². The molecule has 96 valence electrons. The van der Waals surface area contributed by atoms with Crippen molar-refractivity contribution < 1.29 is 9.90 Å². The second-order valence-corrected chi connectivity index (χ2v) is 4.33. The average Bonchev–Trinajstić information content (AvgIpc) is 2.48. The zero-order valence-corrected chi connectivity index (χ0v) is 10.8. The molecule has 0 aliphatic rings.